The second-order valence-electron chi connectivity index (χ2n) is 4.07. The van der Waals surface area contributed by atoms with Crippen LogP contribution < -0.4 is 10.2 Å². The smallest absolute Gasteiger partial charge is 0.246 e. The van der Waals surface area contributed by atoms with E-state index in [1.807, 2.05) is 0 Å². The SMILES string of the molecule is C=C(C)CN1C(=O)CNc2cc(F)c(F)cc21. The van der Waals surface area contributed by atoms with Crippen LogP contribution in [-0.2, 0) is 4.79 Å². The Hall–Kier alpha value is -1.91. The molecule has 0 saturated carbocycles. The van der Waals surface area contributed by atoms with Gasteiger partial charge in [0.1, 0.15) is 0 Å². The minimum Gasteiger partial charge on any atom is -0.374 e. The summed E-state index contributed by atoms with van der Waals surface area (Å²) in [5, 5.41) is 2.76. The molecule has 0 saturated heterocycles. The third-order valence-corrected chi connectivity index (χ3v) is 2.49. The van der Waals surface area contributed by atoms with E-state index in [-0.39, 0.29) is 12.5 Å². The number of fused-ring (bicyclic) bond motifs is 1. The second kappa shape index (κ2) is 4.16. The van der Waals surface area contributed by atoms with E-state index in [1.54, 1.807) is 6.92 Å². The van der Waals surface area contributed by atoms with Crippen LogP contribution >= 0.6 is 0 Å². The van der Waals surface area contributed by atoms with E-state index in [9.17, 15) is 13.6 Å². The summed E-state index contributed by atoms with van der Waals surface area (Å²) in [4.78, 5) is 13.1. The summed E-state index contributed by atoms with van der Waals surface area (Å²) in [6.07, 6.45) is 0. The highest BCUT2D eigenvalue weighted by Gasteiger charge is 2.25. The molecule has 0 bridgehead atoms. The number of carbonyl (C=O) groups is 1. The average Bonchev–Trinajstić information content (AvgIpc) is 2.25. The van der Waals surface area contributed by atoms with Crippen molar-refractivity contribution in [3.8, 4) is 0 Å². The Kier molecular flexibility index (Phi) is 2.83. The molecule has 0 unspecified atom stereocenters. The molecule has 0 radical (unpaired) electrons. The molecule has 1 aromatic carbocycles. The molecule has 1 N–H and O–H groups in total. The van der Waals surface area contributed by atoms with Crippen LogP contribution in [-0.4, -0.2) is 19.0 Å². The summed E-state index contributed by atoms with van der Waals surface area (Å²) in [5.74, 6) is -2.08. The minimum absolute atomic E-state index is 0.0748. The van der Waals surface area contributed by atoms with Gasteiger partial charge in [-0.1, -0.05) is 12.2 Å². The molecule has 1 heterocycles. The zero-order valence-electron chi connectivity index (χ0n) is 9.39. The van der Waals surface area contributed by atoms with E-state index in [0.29, 0.717) is 17.9 Å². The largest absolute Gasteiger partial charge is 0.374 e. The zero-order chi connectivity index (χ0) is 12.6. The van der Waals surface area contributed by atoms with Gasteiger partial charge in [0.25, 0.3) is 0 Å². The lowest BCUT2D eigenvalue weighted by Crippen LogP contribution is -2.40. The van der Waals surface area contributed by atoms with Crippen LogP contribution in [0.4, 0.5) is 20.2 Å². The van der Waals surface area contributed by atoms with Gasteiger partial charge in [0.15, 0.2) is 11.6 Å². The first-order valence-corrected chi connectivity index (χ1v) is 5.16. The summed E-state index contributed by atoms with van der Waals surface area (Å²) < 4.78 is 26.2. The quantitative estimate of drug-likeness (QED) is 0.802. The summed E-state index contributed by atoms with van der Waals surface area (Å²) in [5.41, 5.74) is 1.55. The molecule has 5 heteroatoms. The van der Waals surface area contributed by atoms with Gasteiger partial charge in [0.05, 0.1) is 17.9 Å². The average molecular weight is 238 g/mol. The van der Waals surface area contributed by atoms with Crippen molar-refractivity contribution < 1.29 is 13.6 Å². The van der Waals surface area contributed by atoms with Crippen LogP contribution in [0.1, 0.15) is 6.92 Å². The van der Waals surface area contributed by atoms with Crippen molar-refractivity contribution in [3.63, 3.8) is 0 Å². The number of hydrogen-bond acceptors (Lipinski definition) is 2. The number of benzene rings is 1. The number of hydrogen-bond donors (Lipinski definition) is 1. The van der Waals surface area contributed by atoms with E-state index in [0.717, 1.165) is 17.7 Å². The molecule has 1 amide bonds. The highest BCUT2D eigenvalue weighted by Crippen LogP contribution is 2.31. The maximum Gasteiger partial charge on any atom is 0.246 e. The Morgan fingerprint density at radius 3 is 2.76 bits per heavy atom. The molecule has 1 aromatic rings. The Balaban J connectivity index is 2.47. The number of amides is 1. The number of rotatable bonds is 2. The Labute approximate surface area is 97.7 Å². The van der Waals surface area contributed by atoms with Gasteiger partial charge >= 0.3 is 0 Å². The zero-order valence-corrected chi connectivity index (χ0v) is 9.39. The first-order chi connectivity index (χ1) is 7.99. The molecule has 90 valence electrons. The third kappa shape index (κ3) is 2.13. The van der Waals surface area contributed by atoms with Crippen LogP contribution in [0.15, 0.2) is 24.3 Å². The summed E-state index contributed by atoms with van der Waals surface area (Å²) in [7, 11) is 0. The second-order valence-corrected chi connectivity index (χ2v) is 4.07. The van der Waals surface area contributed by atoms with Crippen molar-refractivity contribution >= 4 is 17.3 Å². The first kappa shape index (κ1) is 11.6. The molecule has 0 spiro atoms. The predicted octanol–water partition coefficient (Wildman–Crippen LogP) is 2.30. The molecular formula is C12H12F2N2O. The van der Waals surface area contributed by atoms with Crippen molar-refractivity contribution in [1.29, 1.82) is 0 Å². The minimum atomic E-state index is -0.966. The molecule has 0 aromatic heterocycles. The van der Waals surface area contributed by atoms with Gasteiger partial charge < -0.3 is 10.2 Å². The number of carbonyl (C=O) groups excluding carboxylic acids is 1. The molecule has 0 aliphatic carbocycles. The Morgan fingerprint density at radius 2 is 2.12 bits per heavy atom. The summed E-state index contributed by atoms with van der Waals surface area (Å²) >= 11 is 0. The fourth-order valence-electron chi connectivity index (χ4n) is 1.75. The normalized spacial score (nSPS) is 14.3. The maximum absolute atomic E-state index is 13.2. The molecule has 1 aliphatic heterocycles. The number of nitrogens with zero attached hydrogens (tertiary/aromatic N) is 1. The molecular weight excluding hydrogens is 226 g/mol. The molecule has 3 nitrogen and oxygen atoms in total. The fraction of sp³-hybridized carbons (Fsp3) is 0.250. The summed E-state index contributed by atoms with van der Waals surface area (Å²) in [6.45, 7) is 5.87. The van der Waals surface area contributed by atoms with E-state index in [4.69, 9.17) is 0 Å². The lowest BCUT2D eigenvalue weighted by molar-refractivity contribution is -0.117. The lowest BCUT2D eigenvalue weighted by atomic mass is 10.1. The van der Waals surface area contributed by atoms with E-state index in [2.05, 4.69) is 11.9 Å². The summed E-state index contributed by atoms with van der Waals surface area (Å²) in [6, 6.07) is 2.08. The topological polar surface area (TPSA) is 32.3 Å². The number of halogens is 2. The van der Waals surface area contributed by atoms with Gasteiger partial charge in [-0.3, -0.25) is 4.79 Å². The van der Waals surface area contributed by atoms with Gasteiger partial charge in [0.2, 0.25) is 5.91 Å². The fourth-order valence-corrected chi connectivity index (χ4v) is 1.75. The molecule has 0 fully saturated rings. The molecule has 0 atom stereocenters. The van der Waals surface area contributed by atoms with E-state index < -0.39 is 11.6 Å². The van der Waals surface area contributed by atoms with Crippen molar-refractivity contribution in [2.24, 2.45) is 0 Å². The molecule has 2 rings (SSSR count). The maximum atomic E-state index is 13.2. The highest BCUT2D eigenvalue weighted by atomic mass is 19.2. The van der Waals surface area contributed by atoms with Crippen LogP contribution in [0.25, 0.3) is 0 Å². The van der Waals surface area contributed by atoms with Gasteiger partial charge in [-0.15, -0.1) is 0 Å². The van der Waals surface area contributed by atoms with Crippen LogP contribution in [0.5, 0.6) is 0 Å². The van der Waals surface area contributed by atoms with Crippen LogP contribution in [0.3, 0.4) is 0 Å². The van der Waals surface area contributed by atoms with Crippen molar-refractivity contribution in [3.05, 3.63) is 35.9 Å². The van der Waals surface area contributed by atoms with E-state index in [1.165, 1.54) is 4.90 Å². The first-order valence-electron chi connectivity index (χ1n) is 5.16. The molecule has 17 heavy (non-hydrogen) atoms. The van der Waals surface area contributed by atoms with Crippen LogP contribution in [0.2, 0.25) is 0 Å². The lowest BCUT2D eigenvalue weighted by Gasteiger charge is -2.30. The van der Waals surface area contributed by atoms with Crippen molar-refractivity contribution in [1.82, 2.24) is 0 Å². The predicted molar refractivity (Wildman–Crippen MR) is 62.0 cm³/mol. The third-order valence-electron chi connectivity index (χ3n) is 2.49. The number of anilines is 2. The van der Waals surface area contributed by atoms with Crippen molar-refractivity contribution in [2.75, 3.05) is 23.3 Å². The Morgan fingerprint density at radius 1 is 1.47 bits per heavy atom. The van der Waals surface area contributed by atoms with Gasteiger partial charge in [-0.2, -0.15) is 0 Å². The Bertz CT molecular complexity index is 500. The van der Waals surface area contributed by atoms with Gasteiger partial charge in [-0.25, -0.2) is 8.78 Å². The standard InChI is InChI=1S/C12H12F2N2O/c1-7(2)6-16-11-4-9(14)8(13)3-10(11)15-5-12(16)17/h3-4,15H,1,5-6H2,2H3. The number of nitrogens with one attached hydrogen (secondary N) is 1. The van der Waals surface area contributed by atoms with Crippen LogP contribution in [0, 0.1) is 11.6 Å². The van der Waals surface area contributed by atoms with Gasteiger partial charge in [-0.05, 0) is 6.92 Å². The van der Waals surface area contributed by atoms with Gasteiger partial charge in [0, 0.05) is 18.7 Å². The monoisotopic (exact) mass is 238 g/mol. The van der Waals surface area contributed by atoms with Crippen molar-refractivity contribution in [2.45, 2.75) is 6.92 Å². The van der Waals surface area contributed by atoms with E-state index >= 15 is 0 Å². The molecule has 1 aliphatic rings. The highest BCUT2D eigenvalue weighted by molar-refractivity contribution is 6.02.